The van der Waals surface area contributed by atoms with Gasteiger partial charge in [0, 0.05) is 61.8 Å². The molecule has 2 N–H and O–H groups in total. The fraction of sp³-hybridized carbons (Fsp3) is 0.353. The van der Waals surface area contributed by atoms with Crippen molar-refractivity contribution in [2.45, 2.75) is 6.42 Å². The summed E-state index contributed by atoms with van der Waals surface area (Å²) < 4.78 is 0. The molecule has 0 unspecified atom stereocenters. The minimum Gasteiger partial charge on any atom is -0.368 e. The Morgan fingerprint density at radius 1 is 0.960 bits per heavy atom. The molecule has 2 saturated heterocycles. The number of carbonyl (C=O) groups is 2. The lowest BCUT2D eigenvalue weighted by atomic mass is 10.1. The van der Waals surface area contributed by atoms with Gasteiger partial charge in [0.1, 0.15) is 0 Å². The van der Waals surface area contributed by atoms with Gasteiger partial charge >= 0.3 is 6.03 Å². The number of anilines is 2. The summed E-state index contributed by atoms with van der Waals surface area (Å²) in [5.41, 5.74) is 1.88. The predicted molar refractivity (Wildman–Crippen MR) is 99.6 cm³/mol. The number of imide groups is 1. The summed E-state index contributed by atoms with van der Waals surface area (Å²) in [4.78, 5) is 31.9. The summed E-state index contributed by atoms with van der Waals surface area (Å²) in [5.74, 6) is -0.231. The molecule has 1 aromatic heterocycles. The van der Waals surface area contributed by atoms with E-state index in [1.165, 1.54) is 0 Å². The number of carbonyl (C=O) groups excluding carboxylic acids is 2. The number of halogens is 1. The van der Waals surface area contributed by atoms with E-state index in [0.29, 0.717) is 13.0 Å². The Morgan fingerprint density at radius 3 is 2.52 bits per heavy atom. The van der Waals surface area contributed by atoms with Crippen LogP contribution in [0.2, 0.25) is 0 Å². The normalized spacial score (nSPS) is 18.1. The van der Waals surface area contributed by atoms with E-state index in [0.717, 1.165) is 48.3 Å². The van der Waals surface area contributed by atoms with Gasteiger partial charge in [-0.2, -0.15) is 0 Å². The number of aromatic nitrogens is 1. The zero-order valence-electron chi connectivity index (χ0n) is 13.7. The van der Waals surface area contributed by atoms with E-state index in [1.54, 1.807) is 11.1 Å². The first kappa shape index (κ1) is 17.4. The molecule has 132 valence electrons. The highest BCUT2D eigenvalue weighted by Crippen LogP contribution is 2.33. The number of nitrogens with zero attached hydrogens (tertiary/aromatic N) is 3. The minimum absolute atomic E-state index is 0. The van der Waals surface area contributed by atoms with Crippen LogP contribution in [0.4, 0.5) is 16.2 Å². The highest BCUT2D eigenvalue weighted by atomic mass is 35.5. The molecule has 1 aromatic carbocycles. The van der Waals surface area contributed by atoms with Gasteiger partial charge in [-0.3, -0.25) is 20.0 Å². The third-order valence-electron chi connectivity index (χ3n) is 4.56. The molecule has 4 rings (SSSR count). The zero-order chi connectivity index (χ0) is 16.5. The molecular weight excluding hydrogens is 342 g/mol. The Hall–Kier alpha value is -2.38. The summed E-state index contributed by atoms with van der Waals surface area (Å²) in [6.07, 6.45) is 3.85. The van der Waals surface area contributed by atoms with E-state index in [9.17, 15) is 9.59 Å². The van der Waals surface area contributed by atoms with Gasteiger partial charge < -0.3 is 10.2 Å². The van der Waals surface area contributed by atoms with Crippen molar-refractivity contribution < 1.29 is 9.59 Å². The highest BCUT2D eigenvalue weighted by molar-refractivity contribution is 6.11. The second-order valence-electron chi connectivity index (χ2n) is 6.02. The predicted octanol–water partition coefficient (Wildman–Crippen LogP) is 1.51. The van der Waals surface area contributed by atoms with E-state index >= 15 is 0 Å². The molecule has 3 heterocycles. The summed E-state index contributed by atoms with van der Waals surface area (Å²) in [6, 6.07) is 5.73. The van der Waals surface area contributed by atoms with E-state index in [1.807, 2.05) is 18.3 Å². The van der Waals surface area contributed by atoms with Crippen LogP contribution in [0.25, 0.3) is 10.8 Å². The largest absolute Gasteiger partial charge is 0.368 e. The number of urea groups is 1. The first-order chi connectivity index (χ1) is 11.7. The van der Waals surface area contributed by atoms with E-state index in [2.05, 4.69) is 26.6 Å². The second-order valence-corrected chi connectivity index (χ2v) is 6.02. The molecule has 0 aliphatic carbocycles. The van der Waals surface area contributed by atoms with Gasteiger partial charge in [-0.25, -0.2) is 4.79 Å². The van der Waals surface area contributed by atoms with Crippen molar-refractivity contribution >= 4 is 46.5 Å². The van der Waals surface area contributed by atoms with Crippen LogP contribution >= 0.6 is 12.4 Å². The molecule has 2 fully saturated rings. The number of fused-ring (bicyclic) bond motifs is 1. The first-order valence-electron chi connectivity index (χ1n) is 8.18. The molecular formula is C17H20ClN5O2. The van der Waals surface area contributed by atoms with Crippen LogP contribution in [0.15, 0.2) is 30.6 Å². The van der Waals surface area contributed by atoms with Crippen molar-refractivity contribution in [2.75, 3.05) is 42.5 Å². The summed E-state index contributed by atoms with van der Waals surface area (Å²) in [6.45, 7) is 4.19. The highest BCUT2D eigenvalue weighted by Gasteiger charge is 2.26. The maximum atomic E-state index is 12.2. The molecule has 3 amide bonds. The summed E-state index contributed by atoms with van der Waals surface area (Å²) >= 11 is 0. The van der Waals surface area contributed by atoms with Crippen LogP contribution in [0.5, 0.6) is 0 Å². The van der Waals surface area contributed by atoms with Crippen LogP contribution in [-0.2, 0) is 4.79 Å². The Bertz CT molecular complexity index is 807. The average Bonchev–Trinajstić information content (AvgIpc) is 2.62. The van der Waals surface area contributed by atoms with Crippen molar-refractivity contribution in [3.05, 3.63) is 30.6 Å². The van der Waals surface area contributed by atoms with Gasteiger partial charge in [0.05, 0.1) is 11.9 Å². The lowest BCUT2D eigenvalue weighted by molar-refractivity contribution is -0.120. The maximum Gasteiger partial charge on any atom is 0.328 e. The van der Waals surface area contributed by atoms with E-state index < -0.39 is 0 Å². The van der Waals surface area contributed by atoms with Crippen molar-refractivity contribution in [3.63, 3.8) is 0 Å². The Morgan fingerprint density at radius 2 is 1.76 bits per heavy atom. The molecule has 0 saturated carbocycles. The molecule has 2 aliphatic rings. The number of piperazine rings is 1. The van der Waals surface area contributed by atoms with Crippen molar-refractivity contribution in [3.8, 4) is 0 Å². The maximum absolute atomic E-state index is 12.2. The molecule has 0 radical (unpaired) electrons. The Labute approximate surface area is 151 Å². The van der Waals surface area contributed by atoms with Crippen molar-refractivity contribution in [2.24, 2.45) is 0 Å². The average molecular weight is 362 g/mol. The van der Waals surface area contributed by atoms with Crippen LogP contribution in [0, 0.1) is 0 Å². The van der Waals surface area contributed by atoms with Gasteiger partial charge in [-0.15, -0.1) is 12.4 Å². The van der Waals surface area contributed by atoms with Gasteiger partial charge in [-0.05, 0) is 6.07 Å². The van der Waals surface area contributed by atoms with E-state index in [4.69, 9.17) is 0 Å². The molecule has 0 atom stereocenters. The smallest absolute Gasteiger partial charge is 0.328 e. The number of rotatable bonds is 2. The Kier molecular flexibility index (Phi) is 5.06. The topological polar surface area (TPSA) is 77.6 Å². The third kappa shape index (κ3) is 3.25. The summed E-state index contributed by atoms with van der Waals surface area (Å²) in [5, 5.41) is 7.73. The fourth-order valence-electron chi connectivity index (χ4n) is 3.35. The van der Waals surface area contributed by atoms with Crippen LogP contribution < -0.4 is 20.4 Å². The van der Waals surface area contributed by atoms with Crippen LogP contribution in [0.1, 0.15) is 6.42 Å². The van der Waals surface area contributed by atoms with Crippen molar-refractivity contribution in [1.29, 1.82) is 0 Å². The monoisotopic (exact) mass is 361 g/mol. The quantitative estimate of drug-likeness (QED) is 0.848. The fourth-order valence-corrected chi connectivity index (χ4v) is 3.35. The van der Waals surface area contributed by atoms with Crippen LogP contribution in [-0.4, -0.2) is 49.6 Å². The number of benzene rings is 1. The molecule has 0 spiro atoms. The standard InChI is InChI=1S/C17H19N5O2.ClH/c23-16-4-7-22(17(24)20-16)15-11-19-10-13-12(15)2-1-3-14(13)21-8-5-18-6-9-21;/h1-3,10-11,18H,4-9H2,(H,20,23,24);1H. The SMILES string of the molecule is Cl.O=C1CCN(c2cncc3c(N4CCNCC4)cccc23)C(=O)N1. The zero-order valence-corrected chi connectivity index (χ0v) is 14.5. The van der Waals surface area contributed by atoms with Gasteiger partial charge in [0.25, 0.3) is 0 Å². The van der Waals surface area contributed by atoms with Gasteiger partial charge in [0.15, 0.2) is 0 Å². The van der Waals surface area contributed by atoms with Gasteiger partial charge in [0.2, 0.25) is 5.91 Å². The third-order valence-corrected chi connectivity index (χ3v) is 4.56. The molecule has 2 aliphatic heterocycles. The molecule has 2 aromatic rings. The van der Waals surface area contributed by atoms with Gasteiger partial charge in [-0.1, -0.05) is 12.1 Å². The first-order valence-corrected chi connectivity index (χ1v) is 8.18. The van der Waals surface area contributed by atoms with Crippen LogP contribution in [0.3, 0.4) is 0 Å². The minimum atomic E-state index is -0.381. The number of pyridine rings is 1. The lowest BCUT2D eigenvalue weighted by Crippen LogP contribution is -2.49. The second kappa shape index (κ2) is 7.25. The summed E-state index contributed by atoms with van der Waals surface area (Å²) in [7, 11) is 0. The molecule has 7 nitrogen and oxygen atoms in total. The number of nitrogens with one attached hydrogen (secondary N) is 2. The molecule has 8 heteroatoms. The molecule has 25 heavy (non-hydrogen) atoms. The number of hydrogen-bond donors (Lipinski definition) is 2. The lowest BCUT2D eigenvalue weighted by Gasteiger charge is -2.31. The Balaban J connectivity index is 0.00000182. The number of amides is 3. The number of hydrogen-bond acceptors (Lipinski definition) is 5. The van der Waals surface area contributed by atoms with Crippen molar-refractivity contribution in [1.82, 2.24) is 15.6 Å². The molecule has 0 bridgehead atoms. The van der Waals surface area contributed by atoms with E-state index in [-0.39, 0.29) is 24.3 Å².